The van der Waals surface area contributed by atoms with Crippen molar-refractivity contribution in [2.24, 2.45) is 0 Å². The van der Waals surface area contributed by atoms with E-state index in [1.807, 2.05) is 24.3 Å². The highest BCUT2D eigenvalue weighted by Gasteiger charge is 2.19. The van der Waals surface area contributed by atoms with Crippen LogP contribution in [0, 0.1) is 3.57 Å². The van der Waals surface area contributed by atoms with Crippen LogP contribution in [0.1, 0.15) is 11.6 Å². The smallest absolute Gasteiger partial charge is 0.246 e. The molecule has 0 radical (unpaired) electrons. The lowest BCUT2D eigenvalue weighted by Gasteiger charge is -2.23. The number of rotatable bonds is 1. The van der Waals surface area contributed by atoms with E-state index in [1.54, 1.807) is 0 Å². The number of hydrogen-bond acceptors (Lipinski definition) is 2. The summed E-state index contributed by atoms with van der Waals surface area (Å²) in [5.41, 5.74) is 1.10. The Balaban J connectivity index is 2.14. The molecular weight excluding hydrogens is 293 g/mol. The summed E-state index contributed by atoms with van der Waals surface area (Å²) in [6.07, 6.45) is 0. The summed E-state index contributed by atoms with van der Waals surface area (Å²) in [5, 5.41) is 2.89. The van der Waals surface area contributed by atoms with Crippen LogP contribution < -0.4 is 5.32 Å². The molecule has 2 rings (SSSR count). The Bertz CT molecular complexity index is 336. The minimum Gasteiger partial charge on any atom is -0.369 e. The van der Waals surface area contributed by atoms with E-state index >= 15 is 0 Å². The van der Waals surface area contributed by atoms with Crippen molar-refractivity contribution in [1.82, 2.24) is 5.32 Å². The van der Waals surface area contributed by atoms with Gasteiger partial charge >= 0.3 is 0 Å². The third kappa shape index (κ3) is 2.24. The number of morpholine rings is 1. The van der Waals surface area contributed by atoms with E-state index in [0.717, 1.165) is 5.56 Å². The van der Waals surface area contributed by atoms with E-state index in [4.69, 9.17) is 4.74 Å². The van der Waals surface area contributed by atoms with Gasteiger partial charge in [0.15, 0.2) is 0 Å². The monoisotopic (exact) mass is 303 g/mol. The molecule has 1 saturated heterocycles. The van der Waals surface area contributed by atoms with Gasteiger partial charge in [-0.25, -0.2) is 0 Å². The number of halogens is 1. The first-order valence-electron chi connectivity index (χ1n) is 4.38. The molecule has 1 aromatic rings. The number of nitrogens with one attached hydrogen (secondary N) is 1. The highest BCUT2D eigenvalue weighted by atomic mass is 127. The van der Waals surface area contributed by atoms with Crippen molar-refractivity contribution in [3.8, 4) is 0 Å². The van der Waals surface area contributed by atoms with Gasteiger partial charge in [0.2, 0.25) is 5.91 Å². The van der Waals surface area contributed by atoms with Gasteiger partial charge in [-0.1, -0.05) is 12.1 Å². The van der Waals surface area contributed by atoms with E-state index in [9.17, 15) is 4.79 Å². The van der Waals surface area contributed by atoms with E-state index in [-0.39, 0.29) is 18.6 Å². The standard InChI is InChI=1S/C10H10INO2/c11-8-3-1-7(2-4-8)9-5-14-6-10(13)12-9/h1-4,9H,5-6H2,(H,12,13). The van der Waals surface area contributed by atoms with Crippen molar-refractivity contribution in [1.29, 1.82) is 0 Å². The van der Waals surface area contributed by atoms with Gasteiger partial charge in [-0.05, 0) is 40.3 Å². The maximum Gasteiger partial charge on any atom is 0.246 e. The zero-order chi connectivity index (χ0) is 9.97. The maximum absolute atomic E-state index is 11.1. The molecule has 14 heavy (non-hydrogen) atoms. The highest BCUT2D eigenvalue weighted by Crippen LogP contribution is 2.17. The summed E-state index contributed by atoms with van der Waals surface area (Å²) in [4.78, 5) is 11.1. The second-order valence-electron chi connectivity index (χ2n) is 3.19. The van der Waals surface area contributed by atoms with Gasteiger partial charge in [0, 0.05) is 3.57 Å². The van der Waals surface area contributed by atoms with Crippen molar-refractivity contribution in [2.45, 2.75) is 6.04 Å². The Labute approximate surface area is 96.0 Å². The first-order chi connectivity index (χ1) is 6.75. The summed E-state index contributed by atoms with van der Waals surface area (Å²) in [6, 6.07) is 8.09. The van der Waals surface area contributed by atoms with Gasteiger partial charge < -0.3 is 10.1 Å². The zero-order valence-corrected chi connectivity index (χ0v) is 9.65. The molecule has 1 heterocycles. The molecule has 0 bridgehead atoms. The second kappa shape index (κ2) is 4.27. The molecule has 0 aliphatic carbocycles. The molecule has 74 valence electrons. The summed E-state index contributed by atoms with van der Waals surface area (Å²) < 4.78 is 6.35. The van der Waals surface area contributed by atoms with E-state index < -0.39 is 0 Å². The fraction of sp³-hybridized carbons (Fsp3) is 0.300. The van der Waals surface area contributed by atoms with Crippen LogP contribution in [-0.4, -0.2) is 19.1 Å². The molecule has 1 fully saturated rings. The van der Waals surface area contributed by atoms with Crippen molar-refractivity contribution in [2.75, 3.05) is 13.2 Å². The number of carbonyl (C=O) groups excluding carboxylic acids is 1. The first kappa shape index (κ1) is 9.92. The molecule has 1 aliphatic heterocycles. The molecule has 3 nitrogen and oxygen atoms in total. The lowest BCUT2D eigenvalue weighted by atomic mass is 10.1. The predicted octanol–water partition coefficient (Wildman–Crippen LogP) is 1.48. The number of amides is 1. The molecule has 1 aromatic carbocycles. The summed E-state index contributed by atoms with van der Waals surface area (Å²) in [6.45, 7) is 0.743. The van der Waals surface area contributed by atoms with Crippen molar-refractivity contribution >= 4 is 28.5 Å². The zero-order valence-electron chi connectivity index (χ0n) is 7.50. The molecule has 4 heteroatoms. The third-order valence-corrected chi connectivity index (χ3v) is 2.84. The van der Waals surface area contributed by atoms with Gasteiger partial charge in [-0.3, -0.25) is 4.79 Å². The van der Waals surface area contributed by atoms with E-state index in [1.165, 1.54) is 3.57 Å². The maximum atomic E-state index is 11.1. The Kier molecular flexibility index (Phi) is 3.02. The number of carbonyl (C=O) groups is 1. The largest absolute Gasteiger partial charge is 0.369 e. The van der Waals surface area contributed by atoms with Gasteiger partial charge in [0.1, 0.15) is 6.61 Å². The SMILES string of the molecule is O=C1COCC(c2ccc(I)cc2)N1. The third-order valence-electron chi connectivity index (χ3n) is 2.13. The molecule has 1 amide bonds. The topological polar surface area (TPSA) is 38.3 Å². The lowest BCUT2D eigenvalue weighted by Crippen LogP contribution is -2.39. The molecule has 1 unspecified atom stereocenters. The Morgan fingerprint density at radius 2 is 2.07 bits per heavy atom. The van der Waals surface area contributed by atoms with Gasteiger partial charge in [0.25, 0.3) is 0 Å². The van der Waals surface area contributed by atoms with E-state index in [2.05, 4.69) is 27.9 Å². The van der Waals surface area contributed by atoms with Crippen LogP contribution in [0.5, 0.6) is 0 Å². The number of ether oxygens (including phenoxy) is 1. The minimum absolute atomic E-state index is 0.00764. The first-order valence-corrected chi connectivity index (χ1v) is 5.46. The minimum atomic E-state index is -0.0419. The van der Waals surface area contributed by atoms with Crippen LogP contribution in [0.4, 0.5) is 0 Å². The van der Waals surface area contributed by atoms with Crippen LogP contribution in [0.2, 0.25) is 0 Å². The van der Waals surface area contributed by atoms with Crippen LogP contribution in [-0.2, 0) is 9.53 Å². The van der Waals surface area contributed by atoms with Gasteiger partial charge in [-0.15, -0.1) is 0 Å². The molecule has 1 atom stereocenters. The van der Waals surface area contributed by atoms with Crippen molar-refractivity contribution in [3.05, 3.63) is 33.4 Å². The number of benzene rings is 1. The number of hydrogen-bond donors (Lipinski definition) is 1. The Morgan fingerprint density at radius 3 is 2.71 bits per heavy atom. The van der Waals surface area contributed by atoms with Crippen molar-refractivity contribution in [3.63, 3.8) is 0 Å². The van der Waals surface area contributed by atoms with Crippen LogP contribution in [0.25, 0.3) is 0 Å². The molecule has 1 aliphatic rings. The van der Waals surface area contributed by atoms with Gasteiger partial charge in [-0.2, -0.15) is 0 Å². The summed E-state index contributed by atoms with van der Waals surface area (Å²) >= 11 is 2.25. The average Bonchev–Trinajstić information content (AvgIpc) is 2.19. The average molecular weight is 303 g/mol. The molecule has 0 spiro atoms. The van der Waals surface area contributed by atoms with Gasteiger partial charge in [0.05, 0.1) is 12.6 Å². The van der Waals surface area contributed by atoms with Crippen LogP contribution >= 0.6 is 22.6 Å². The molecule has 0 aromatic heterocycles. The fourth-order valence-electron chi connectivity index (χ4n) is 1.42. The Hall–Kier alpha value is -0.620. The molecule has 1 N–H and O–H groups in total. The predicted molar refractivity (Wildman–Crippen MR) is 60.9 cm³/mol. The highest BCUT2D eigenvalue weighted by molar-refractivity contribution is 14.1. The normalized spacial score (nSPS) is 21.8. The fourth-order valence-corrected chi connectivity index (χ4v) is 1.78. The van der Waals surface area contributed by atoms with Crippen LogP contribution in [0.3, 0.4) is 0 Å². The molecule has 0 saturated carbocycles. The summed E-state index contributed by atoms with van der Waals surface area (Å²) in [7, 11) is 0. The van der Waals surface area contributed by atoms with Crippen molar-refractivity contribution < 1.29 is 9.53 Å². The second-order valence-corrected chi connectivity index (χ2v) is 4.43. The Morgan fingerprint density at radius 1 is 1.36 bits per heavy atom. The molecular formula is C10H10INO2. The van der Waals surface area contributed by atoms with Crippen LogP contribution in [0.15, 0.2) is 24.3 Å². The van der Waals surface area contributed by atoms with E-state index in [0.29, 0.717) is 6.61 Å². The summed E-state index contributed by atoms with van der Waals surface area (Å²) in [5.74, 6) is -0.0419. The lowest BCUT2D eigenvalue weighted by molar-refractivity contribution is -0.131. The quantitative estimate of drug-likeness (QED) is 0.798.